The molecule has 8 nitrogen and oxygen atoms in total. The van der Waals surface area contributed by atoms with Gasteiger partial charge in [-0.3, -0.25) is 0 Å². The summed E-state index contributed by atoms with van der Waals surface area (Å²) in [6.07, 6.45) is 4.38. The van der Waals surface area contributed by atoms with Crippen LogP contribution in [-0.2, 0) is 6.42 Å². The Kier molecular flexibility index (Phi) is 5.53. The smallest absolute Gasteiger partial charge is 0.165 e. The summed E-state index contributed by atoms with van der Waals surface area (Å²) in [5, 5.41) is 17.6. The molecule has 0 saturated carbocycles. The number of nitrogens with zero attached hydrogens (tertiary/aromatic N) is 3. The Bertz CT molecular complexity index is 1210. The first-order chi connectivity index (χ1) is 15.1. The van der Waals surface area contributed by atoms with Crippen LogP contribution in [0.4, 0.5) is 11.5 Å². The molecule has 2 N–H and O–H groups in total. The first kappa shape index (κ1) is 20.3. The number of aromatic hydroxyl groups is 1. The van der Waals surface area contributed by atoms with Crippen LogP contribution in [0.15, 0.2) is 48.8 Å². The fourth-order valence-electron chi connectivity index (χ4n) is 3.51. The highest BCUT2D eigenvalue weighted by molar-refractivity contribution is 5.79. The van der Waals surface area contributed by atoms with Gasteiger partial charge in [0.1, 0.15) is 5.82 Å². The van der Waals surface area contributed by atoms with E-state index in [1.54, 1.807) is 43.1 Å². The number of phenols is 1. The van der Waals surface area contributed by atoms with Crippen LogP contribution in [0.25, 0.3) is 16.8 Å². The standard InChI is InChI=1S/C23H24N4O4/c1-5-14-10-16(12-20(30-3)22(14)31-4)25-21-8-9-27-23(26-21)17(13-24-27)15-6-7-18(28)19(11-15)29-2/h6-13,28H,5H2,1-4H3,(H,25,26). The number of benzene rings is 2. The first-order valence-electron chi connectivity index (χ1n) is 9.81. The molecule has 0 spiro atoms. The van der Waals surface area contributed by atoms with Crippen LogP contribution in [0.2, 0.25) is 0 Å². The molecule has 0 bridgehead atoms. The lowest BCUT2D eigenvalue weighted by molar-refractivity contribution is 0.352. The molecule has 0 amide bonds. The first-order valence-corrected chi connectivity index (χ1v) is 9.81. The van der Waals surface area contributed by atoms with Crippen LogP contribution in [0.3, 0.4) is 0 Å². The summed E-state index contributed by atoms with van der Waals surface area (Å²) in [7, 11) is 4.78. The minimum absolute atomic E-state index is 0.0817. The van der Waals surface area contributed by atoms with Gasteiger partial charge in [-0.25, -0.2) is 9.50 Å². The average molecular weight is 420 g/mol. The third-order valence-electron chi connectivity index (χ3n) is 5.07. The molecule has 0 saturated heterocycles. The molecule has 31 heavy (non-hydrogen) atoms. The van der Waals surface area contributed by atoms with E-state index in [2.05, 4.69) is 17.3 Å². The fraction of sp³-hybridized carbons (Fsp3) is 0.217. The second-order valence-electron chi connectivity index (χ2n) is 6.88. The molecule has 4 rings (SSSR count). The molecule has 4 aromatic rings. The van der Waals surface area contributed by atoms with E-state index >= 15 is 0 Å². The molecule has 2 aromatic heterocycles. The van der Waals surface area contributed by atoms with Gasteiger partial charge < -0.3 is 24.6 Å². The van der Waals surface area contributed by atoms with Crippen LogP contribution < -0.4 is 19.5 Å². The van der Waals surface area contributed by atoms with Gasteiger partial charge in [0.15, 0.2) is 28.6 Å². The van der Waals surface area contributed by atoms with Gasteiger partial charge >= 0.3 is 0 Å². The zero-order valence-electron chi connectivity index (χ0n) is 17.8. The molecule has 8 heteroatoms. The number of methoxy groups -OCH3 is 3. The van der Waals surface area contributed by atoms with E-state index in [0.717, 1.165) is 34.5 Å². The Balaban J connectivity index is 1.73. The molecule has 2 heterocycles. The summed E-state index contributed by atoms with van der Waals surface area (Å²) in [4.78, 5) is 4.75. The van der Waals surface area contributed by atoms with Crippen molar-refractivity contribution in [2.75, 3.05) is 26.6 Å². The highest BCUT2D eigenvalue weighted by Gasteiger charge is 2.14. The van der Waals surface area contributed by atoms with Crippen molar-refractivity contribution in [3.63, 3.8) is 0 Å². The van der Waals surface area contributed by atoms with E-state index in [1.165, 1.54) is 7.11 Å². The quantitative estimate of drug-likeness (QED) is 0.457. The fourth-order valence-corrected chi connectivity index (χ4v) is 3.51. The number of rotatable bonds is 7. The van der Waals surface area contributed by atoms with E-state index in [0.29, 0.717) is 23.0 Å². The highest BCUT2D eigenvalue weighted by atomic mass is 16.5. The Morgan fingerprint density at radius 3 is 2.52 bits per heavy atom. The third kappa shape index (κ3) is 3.79. The molecule has 0 aliphatic rings. The summed E-state index contributed by atoms with van der Waals surface area (Å²) in [5.74, 6) is 2.53. The van der Waals surface area contributed by atoms with Crippen molar-refractivity contribution >= 4 is 17.2 Å². The van der Waals surface area contributed by atoms with Crippen molar-refractivity contribution in [3.05, 3.63) is 54.4 Å². The molecule has 2 aromatic carbocycles. The molecular weight excluding hydrogens is 396 g/mol. The normalized spacial score (nSPS) is 10.8. The summed E-state index contributed by atoms with van der Waals surface area (Å²) >= 11 is 0. The van der Waals surface area contributed by atoms with Crippen LogP contribution in [0, 0.1) is 0 Å². The monoisotopic (exact) mass is 420 g/mol. The van der Waals surface area contributed by atoms with E-state index in [4.69, 9.17) is 19.2 Å². The second-order valence-corrected chi connectivity index (χ2v) is 6.88. The summed E-state index contributed by atoms with van der Waals surface area (Å²) < 4.78 is 17.9. The number of nitrogens with one attached hydrogen (secondary N) is 1. The van der Waals surface area contributed by atoms with Crippen molar-refractivity contribution in [3.8, 4) is 34.1 Å². The summed E-state index contributed by atoms with van der Waals surface area (Å²) in [6, 6.07) is 10.9. The maximum atomic E-state index is 9.89. The van der Waals surface area contributed by atoms with Gasteiger partial charge in [-0.1, -0.05) is 13.0 Å². The maximum absolute atomic E-state index is 9.89. The molecule has 0 aliphatic heterocycles. The zero-order chi connectivity index (χ0) is 22.0. The highest BCUT2D eigenvalue weighted by Crippen LogP contribution is 2.36. The summed E-state index contributed by atoms with van der Waals surface area (Å²) in [6.45, 7) is 2.07. The van der Waals surface area contributed by atoms with Gasteiger partial charge in [-0.2, -0.15) is 5.10 Å². The summed E-state index contributed by atoms with van der Waals surface area (Å²) in [5.41, 5.74) is 4.22. The lowest BCUT2D eigenvalue weighted by Crippen LogP contribution is -2.01. The molecule has 0 atom stereocenters. The lowest BCUT2D eigenvalue weighted by Gasteiger charge is -2.15. The molecule has 0 fully saturated rings. The number of phenolic OH excluding ortho intramolecular Hbond substituents is 1. The Hall–Kier alpha value is -3.94. The molecular formula is C23H24N4O4. The van der Waals surface area contributed by atoms with Gasteiger partial charge in [0.2, 0.25) is 0 Å². The second kappa shape index (κ2) is 8.43. The van der Waals surface area contributed by atoms with Gasteiger partial charge in [-0.05, 0) is 41.8 Å². The van der Waals surface area contributed by atoms with Gasteiger partial charge in [0, 0.05) is 23.5 Å². The van der Waals surface area contributed by atoms with Crippen LogP contribution in [0.1, 0.15) is 12.5 Å². The molecule has 0 aliphatic carbocycles. The molecule has 0 unspecified atom stereocenters. The van der Waals surface area contributed by atoms with E-state index in [1.807, 2.05) is 24.4 Å². The van der Waals surface area contributed by atoms with Crippen LogP contribution in [-0.4, -0.2) is 41.0 Å². The largest absolute Gasteiger partial charge is 0.504 e. The SMILES string of the molecule is CCc1cc(Nc2ccn3ncc(-c4ccc(O)c(OC)c4)c3n2)cc(OC)c1OC. The maximum Gasteiger partial charge on any atom is 0.165 e. The van der Waals surface area contributed by atoms with Crippen molar-refractivity contribution in [2.45, 2.75) is 13.3 Å². The Labute approximate surface area is 180 Å². The predicted octanol–water partition coefficient (Wildman–Crippen LogP) is 4.43. The average Bonchev–Trinajstić information content (AvgIpc) is 3.22. The van der Waals surface area contributed by atoms with Gasteiger partial charge in [0.25, 0.3) is 0 Å². The third-order valence-corrected chi connectivity index (χ3v) is 5.07. The van der Waals surface area contributed by atoms with Crippen molar-refractivity contribution in [1.29, 1.82) is 0 Å². The minimum atomic E-state index is 0.0817. The van der Waals surface area contributed by atoms with E-state index in [-0.39, 0.29) is 5.75 Å². The van der Waals surface area contributed by atoms with Crippen molar-refractivity contribution in [2.24, 2.45) is 0 Å². The molecule has 0 radical (unpaired) electrons. The number of aryl methyl sites for hydroxylation is 1. The molecule has 160 valence electrons. The van der Waals surface area contributed by atoms with Gasteiger partial charge in [0.05, 0.1) is 27.5 Å². The number of fused-ring (bicyclic) bond motifs is 1. The number of hydrogen-bond donors (Lipinski definition) is 2. The van der Waals surface area contributed by atoms with Crippen LogP contribution in [0.5, 0.6) is 23.0 Å². The van der Waals surface area contributed by atoms with Crippen molar-refractivity contribution in [1.82, 2.24) is 14.6 Å². The number of hydrogen-bond acceptors (Lipinski definition) is 7. The Morgan fingerprint density at radius 1 is 1.00 bits per heavy atom. The topological polar surface area (TPSA) is 90.1 Å². The number of ether oxygens (including phenoxy) is 3. The number of anilines is 2. The van der Waals surface area contributed by atoms with Gasteiger partial charge in [-0.15, -0.1) is 0 Å². The predicted molar refractivity (Wildman–Crippen MR) is 119 cm³/mol. The van der Waals surface area contributed by atoms with E-state index < -0.39 is 0 Å². The zero-order valence-corrected chi connectivity index (χ0v) is 17.8. The van der Waals surface area contributed by atoms with E-state index in [9.17, 15) is 5.11 Å². The lowest BCUT2D eigenvalue weighted by atomic mass is 10.1. The van der Waals surface area contributed by atoms with Crippen LogP contribution >= 0.6 is 0 Å². The Morgan fingerprint density at radius 2 is 1.81 bits per heavy atom. The minimum Gasteiger partial charge on any atom is -0.504 e. The van der Waals surface area contributed by atoms with Crippen molar-refractivity contribution < 1.29 is 19.3 Å². The number of aromatic nitrogens is 3.